The molecule has 1 N–H and O–H groups in total. The monoisotopic (exact) mass is 406 g/mol. The molecule has 0 fully saturated rings. The first kappa shape index (κ1) is 21.3. The Morgan fingerprint density at radius 3 is 2.37 bits per heavy atom. The summed E-state index contributed by atoms with van der Waals surface area (Å²) in [5, 5.41) is 3.72. The standard InChI is InChI=1S/C21H24Cl2N2O2/c1-3-11-24-21(27)15(2)25(14-16-7-5-4-6-8-16)20(26)13-17-9-10-18(22)19(23)12-17/h4-10,12,15H,3,11,13-14H2,1-2H3,(H,24,27)/t15-/m0/s1. The molecular formula is C21H24Cl2N2O2. The molecule has 1 atom stereocenters. The number of halogens is 2. The molecule has 0 aliphatic heterocycles. The van der Waals surface area contributed by atoms with Gasteiger partial charge in [0.25, 0.3) is 0 Å². The van der Waals surface area contributed by atoms with E-state index in [1.54, 1.807) is 30.0 Å². The SMILES string of the molecule is CCCNC(=O)[C@H](C)N(Cc1ccccc1)C(=O)Cc1ccc(Cl)c(Cl)c1. The fourth-order valence-corrected chi connectivity index (χ4v) is 3.01. The van der Waals surface area contributed by atoms with E-state index in [9.17, 15) is 9.59 Å². The van der Waals surface area contributed by atoms with Crippen LogP contribution in [0.4, 0.5) is 0 Å². The zero-order valence-electron chi connectivity index (χ0n) is 15.5. The number of rotatable bonds is 8. The summed E-state index contributed by atoms with van der Waals surface area (Å²) in [4.78, 5) is 27.0. The zero-order chi connectivity index (χ0) is 19.8. The van der Waals surface area contributed by atoms with Gasteiger partial charge in [0.05, 0.1) is 16.5 Å². The van der Waals surface area contributed by atoms with E-state index in [0.717, 1.165) is 17.5 Å². The lowest BCUT2D eigenvalue weighted by molar-refractivity contribution is -0.140. The van der Waals surface area contributed by atoms with E-state index < -0.39 is 6.04 Å². The molecule has 0 bridgehead atoms. The highest BCUT2D eigenvalue weighted by molar-refractivity contribution is 6.42. The van der Waals surface area contributed by atoms with E-state index in [1.165, 1.54) is 0 Å². The Morgan fingerprint density at radius 2 is 1.74 bits per heavy atom. The number of carbonyl (C=O) groups excluding carboxylic acids is 2. The summed E-state index contributed by atoms with van der Waals surface area (Å²) in [7, 11) is 0. The van der Waals surface area contributed by atoms with E-state index in [0.29, 0.717) is 23.1 Å². The van der Waals surface area contributed by atoms with Crippen LogP contribution in [0.25, 0.3) is 0 Å². The molecule has 2 aromatic rings. The zero-order valence-corrected chi connectivity index (χ0v) is 17.1. The number of nitrogens with one attached hydrogen (secondary N) is 1. The van der Waals surface area contributed by atoms with Crippen LogP contribution in [0.15, 0.2) is 48.5 Å². The first-order valence-corrected chi connectivity index (χ1v) is 9.73. The summed E-state index contributed by atoms with van der Waals surface area (Å²) >= 11 is 12.0. The minimum absolute atomic E-state index is 0.142. The predicted octanol–water partition coefficient (Wildman–Crippen LogP) is 4.48. The van der Waals surface area contributed by atoms with Crippen LogP contribution in [-0.2, 0) is 22.6 Å². The number of hydrogen-bond donors (Lipinski definition) is 1. The lowest BCUT2D eigenvalue weighted by Gasteiger charge is -2.29. The summed E-state index contributed by atoms with van der Waals surface area (Å²) in [5.41, 5.74) is 1.73. The molecule has 0 saturated carbocycles. The quantitative estimate of drug-likeness (QED) is 0.702. The average molecular weight is 407 g/mol. The van der Waals surface area contributed by atoms with Gasteiger partial charge in [0.2, 0.25) is 11.8 Å². The van der Waals surface area contributed by atoms with Crippen molar-refractivity contribution < 1.29 is 9.59 Å². The molecule has 0 radical (unpaired) electrons. The molecule has 0 unspecified atom stereocenters. The third kappa shape index (κ3) is 6.26. The van der Waals surface area contributed by atoms with Crippen molar-refractivity contribution in [2.24, 2.45) is 0 Å². The van der Waals surface area contributed by atoms with Gasteiger partial charge in [0, 0.05) is 13.1 Å². The third-order valence-corrected chi connectivity index (χ3v) is 4.99. The fourth-order valence-electron chi connectivity index (χ4n) is 2.68. The van der Waals surface area contributed by atoms with Crippen LogP contribution in [0, 0.1) is 0 Å². The predicted molar refractivity (Wildman–Crippen MR) is 110 cm³/mol. The third-order valence-electron chi connectivity index (χ3n) is 4.25. The Hall–Kier alpha value is -2.04. The van der Waals surface area contributed by atoms with Crippen LogP contribution in [0.1, 0.15) is 31.4 Å². The minimum atomic E-state index is -0.577. The molecule has 144 valence electrons. The van der Waals surface area contributed by atoms with E-state index in [-0.39, 0.29) is 18.2 Å². The van der Waals surface area contributed by atoms with Gasteiger partial charge in [-0.15, -0.1) is 0 Å². The Labute approximate surface area is 170 Å². The molecule has 0 aromatic heterocycles. The number of benzene rings is 2. The van der Waals surface area contributed by atoms with Gasteiger partial charge in [0.1, 0.15) is 6.04 Å². The van der Waals surface area contributed by atoms with E-state index in [2.05, 4.69) is 5.32 Å². The summed E-state index contributed by atoms with van der Waals surface area (Å²) in [5.74, 6) is -0.299. The van der Waals surface area contributed by atoms with Gasteiger partial charge in [-0.25, -0.2) is 0 Å². The number of nitrogens with zero attached hydrogens (tertiary/aromatic N) is 1. The Morgan fingerprint density at radius 1 is 1.04 bits per heavy atom. The number of carbonyl (C=O) groups is 2. The second kappa shape index (κ2) is 10.3. The number of hydrogen-bond acceptors (Lipinski definition) is 2. The van der Waals surface area contributed by atoms with Gasteiger partial charge in [-0.2, -0.15) is 0 Å². The van der Waals surface area contributed by atoms with Crippen LogP contribution in [0.5, 0.6) is 0 Å². The molecule has 0 spiro atoms. The van der Waals surface area contributed by atoms with Crippen molar-refractivity contribution in [1.29, 1.82) is 0 Å². The fraction of sp³-hybridized carbons (Fsp3) is 0.333. The van der Waals surface area contributed by atoms with Gasteiger partial charge in [0.15, 0.2) is 0 Å². The average Bonchev–Trinajstić information content (AvgIpc) is 2.67. The summed E-state index contributed by atoms with van der Waals surface area (Å²) in [6.07, 6.45) is 0.990. The smallest absolute Gasteiger partial charge is 0.242 e. The maximum atomic E-state index is 13.0. The van der Waals surface area contributed by atoms with Crippen molar-refractivity contribution >= 4 is 35.0 Å². The Bertz CT molecular complexity index is 781. The van der Waals surface area contributed by atoms with Crippen molar-refractivity contribution in [2.45, 2.75) is 39.3 Å². The molecule has 6 heteroatoms. The highest BCUT2D eigenvalue weighted by atomic mass is 35.5. The van der Waals surface area contributed by atoms with Gasteiger partial charge >= 0.3 is 0 Å². The van der Waals surface area contributed by atoms with Gasteiger partial charge in [-0.1, -0.05) is 66.5 Å². The molecule has 4 nitrogen and oxygen atoms in total. The van der Waals surface area contributed by atoms with Gasteiger partial charge in [-0.3, -0.25) is 9.59 Å². The Kier molecular flexibility index (Phi) is 8.14. The molecule has 27 heavy (non-hydrogen) atoms. The van der Waals surface area contributed by atoms with E-state index in [1.807, 2.05) is 37.3 Å². The molecule has 0 heterocycles. The largest absolute Gasteiger partial charge is 0.354 e. The van der Waals surface area contributed by atoms with Crippen molar-refractivity contribution in [3.63, 3.8) is 0 Å². The van der Waals surface area contributed by atoms with Crippen molar-refractivity contribution in [1.82, 2.24) is 10.2 Å². The van der Waals surface area contributed by atoms with E-state index in [4.69, 9.17) is 23.2 Å². The van der Waals surface area contributed by atoms with Crippen LogP contribution in [0.2, 0.25) is 10.0 Å². The maximum Gasteiger partial charge on any atom is 0.242 e. The molecule has 2 aromatic carbocycles. The minimum Gasteiger partial charge on any atom is -0.354 e. The molecule has 0 aliphatic carbocycles. The van der Waals surface area contributed by atoms with Crippen molar-refractivity contribution in [3.05, 3.63) is 69.7 Å². The lowest BCUT2D eigenvalue weighted by Crippen LogP contribution is -2.48. The Balaban J connectivity index is 2.19. The van der Waals surface area contributed by atoms with Crippen molar-refractivity contribution in [3.8, 4) is 0 Å². The van der Waals surface area contributed by atoms with Crippen LogP contribution in [-0.4, -0.2) is 29.3 Å². The lowest BCUT2D eigenvalue weighted by atomic mass is 10.1. The summed E-state index contributed by atoms with van der Waals surface area (Å²) in [6, 6.07) is 14.2. The maximum absolute atomic E-state index is 13.0. The first-order valence-electron chi connectivity index (χ1n) is 8.97. The van der Waals surface area contributed by atoms with Crippen LogP contribution >= 0.6 is 23.2 Å². The normalized spacial score (nSPS) is 11.7. The topological polar surface area (TPSA) is 49.4 Å². The van der Waals surface area contributed by atoms with Crippen molar-refractivity contribution in [2.75, 3.05) is 6.54 Å². The van der Waals surface area contributed by atoms with Crippen LogP contribution in [0.3, 0.4) is 0 Å². The second-order valence-corrected chi connectivity index (χ2v) is 7.21. The highest BCUT2D eigenvalue weighted by Gasteiger charge is 2.26. The molecule has 2 amide bonds. The summed E-state index contributed by atoms with van der Waals surface area (Å²) in [6.45, 7) is 4.69. The van der Waals surface area contributed by atoms with E-state index >= 15 is 0 Å². The summed E-state index contributed by atoms with van der Waals surface area (Å²) < 4.78 is 0. The molecule has 0 saturated heterocycles. The molecule has 2 rings (SSSR count). The van der Waals surface area contributed by atoms with Gasteiger partial charge < -0.3 is 10.2 Å². The molecular weight excluding hydrogens is 383 g/mol. The second-order valence-electron chi connectivity index (χ2n) is 6.40. The van der Waals surface area contributed by atoms with Gasteiger partial charge in [-0.05, 0) is 36.6 Å². The van der Waals surface area contributed by atoms with Crippen LogP contribution < -0.4 is 5.32 Å². The highest BCUT2D eigenvalue weighted by Crippen LogP contribution is 2.23. The number of amides is 2. The first-order chi connectivity index (χ1) is 12.9. The molecule has 0 aliphatic rings.